The molecule has 0 saturated carbocycles. The number of benzene rings is 3. The number of imidazole rings is 1. The van der Waals surface area contributed by atoms with Crippen LogP contribution in [0, 0.1) is 0 Å². The van der Waals surface area contributed by atoms with Crippen molar-refractivity contribution in [2.24, 2.45) is 0 Å². The smallest absolute Gasteiger partial charge is 0.169 e. The Morgan fingerprint density at radius 3 is 2.66 bits per heavy atom. The molecule has 3 N–H and O–H groups in total. The molecule has 0 spiro atoms. The fourth-order valence-corrected chi connectivity index (χ4v) is 5.44. The van der Waals surface area contributed by atoms with Gasteiger partial charge in [-0.2, -0.15) is 5.10 Å². The van der Waals surface area contributed by atoms with Crippen molar-refractivity contribution in [2.75, 3.05) is 39.1 Å². The Hall–Kier alpha value is -4.80. The minimum atomic E-state index is 0.391. The number of nitrogens with one attached hydrogen (secondary N) is 1. The average molecular weight is 547 g/mol. The molecule has 0 unspecified atom stereocenters. The van der Waals surface area contributed by atoms with Gasteiger partial charge in [0.1, 0.15) is 29.4 Å². The van der Waals surface area contributed by atoms with Gasteiger partial charge in [0, 0.05) is 37.2 Å². The van der Waals surface area contributed by atoms with Gasteiger partial charge in [-0.25, -0.2) is 19.6 Å². The predicted octanol–water partition coefficient (Wildman–Crippen LogP) is 4.37. The molecular formula is C31H30N8O2. The summed E-state index contributed by atoms with van der Waals surface area (Å²) in [6.07, 6.45) is 2.11. The van der Waals surface area contributed by atoms with Gasteiger partial charge in [0.05, 0.1) is 42.4 Å². The van der Waals surface area contributed by atoms with Gasteiger partial charge in [-0.1, -0.05) is 36.4 Å². The molecule has 0 radical (unpaired) electrons. The van der Waals surface area contributed by atoms with Crippen LogP contribution in [-0.4, -0.2) is 68.0 Å². The second-order valence-corrected chi connectivity index (χ2v) is 10.2. The van der Waals surface area contributed by atoms with Gasteiger partial charge in [-0.05, 0) is 35.9 Å². The summed E-state index contributed by atoms with van der Waals surface area (Å²) in [5, 5.41) is 5.72. The number of hydrogen-bond donors (Lipinski definition) is 2. The standard InChI is InChI=1S/C31H30N8O2/c1-40-26-5-3-2-4-21(26)17-27-35-24-11-8-22(16-25(24)36-27)29-28-30(32)33-19-34-31(28)39(37-29)23-9-6-20(7-10-23)18-38-12-14-41-15-13-38/h2-11,16,19H,12-15,17-18H2,1H3,(H,35,36)(H2,32,33,34). The van der Waals surface area contributed by atoms with E-state index in [0.29, 0.717) is 17.9 Å². The van der Waals surface area contributed by atoms with Crippen molar-refractivity contribution in [3.63, 3.8) is 0 Å². The molecule has 3 aromatic carbocycles. The van der Waals surface area contributed by atoms with Gasteiger partial charge in [-0.3, -0.25) is 4.90 Å². The maximum Gasteiger partial charge on any atom is 0.169 e. The number of nitrogens with zero attached hydrogens (tertiary/aromatic N) is 6. The molecule has 10 nitrogen and oxygen atoms in total. The highest BCUT2D eigenvalue weighted by molar-refractivity contribution is 6.00. The minimum Gasteiger partial charge on any atom is -0.496 e. The number of aromatic nitrogens is 6. The molecular weight excluding hydrogens is 516 g/mol. The van der Waals surface area contributed by atoms with Crippen molar-refractivity contribution >= 4 is 27.9 Å². The van der Waals surface area contributed by atoms with Crippen LogP contribution in [0.5, 0.6) is 5.75 Å². The van der Waals surface area contributed by atoms with E-state index in [-0.39, 0.29) is 0 Å². The Balaban J connectivity index is 1.23. The van der Waals surface area contributed by atoms with E-state index >= 15 is 0 Å². The van der Waals surface area contributed by atoms with Gasteiger partial charge in [0.15, 0.2) is 5.65 Å². The summed E-state index contributed by atoms with van der Waals surface area (Å²) in [6, 6.07) is 22.5. The summed E-state index contributed by atoms with van der Waals surface area (Å²) in [5.74, 6) is 2.09. The maximum atomic E-state index is 6.39. The molecule has 0 amide bonds. The van der Waals surface area contributed by atoms with E-state index in [0.717, 1.165) is 83.3 Å². The molecule has 1 aliphatic rings. The molecule has 4 heterocycles. The number of ether oxygens (including phenoxy) is 2. The molecule has 1 fully saturated rings. The Morgan fingerprint density at radius 1 is 1.00 bits per heavy atom. The molecule has 41 heavy (non-hydrogen) atoms. The summed E-state index contributed by atoms with van der Waals surface area (Å²) in [7, 11) is 1.68. The monoisotopic (exact) mass is 546 g/mol. The van der Waals surface area contributed by atoms with E-state index in [1.54, 1.807) is 7.11 Å². The number of rotatable bonds is 7. The Bertz CT molecular complexity index is 1840. The zero-order valence-electron chi connectivity index (χ0n) is 22.7. The van der Waals surface area contributed by atoms with Crippen LogP contribution in [0.15, 0.2) is 73.1 Å². The fourth-order valence-electron chi connectivity index (χ4n) is 5.44. The molecule has 0 aliphatic carbocycles. The number of hydrogen-bond acceptors (Lipinski definition) is 8. The highest BCUT2D eigenvalue weighted by Gasteiger charge is 2.19. The van der Waals surface area contributed by atoms with Crippen LogP contribution in [0.1, 0.15) is 17.0 Å². The minimum absolute atomic E-state index is 0.391. The molecule has 6 aromatic rings. The molecule has 1 aliphatic heterocycles. The lowest BCUT2D eigenvalue weighted by Crippen LogP contribution is -2.35. The van der Waals surface area contributed by atoms with Gasteiger partial charge in [-0.15, -0.1) is 0 Å². The fraction of sp³-hybridized carbons (Fsp3) is 0.226. The lowest BCUT2D eigenvalue weighted by atomic mass is 10.1. The van der Waals surface area contributed by atoms with Crippen LogP contribution >= 0.6 is 0 Å². The Labute approximate surface area is 236 Å². The van der Waals surface area contributed by atoms with Gasteiger partial charge in [0.25, 0.3) is 0 Å². The van der Waals surface area contributed by atoms with E-state index < -0.39 is 0 Å². The van der Waals surface area contributed by atoms with Crippen molar-refractivity contribution in [3.05, 3.63) is 90.0 Å². The topological polar surface area (TPSA) is 120 Å². The zero-order chi connectivity index (χ0) is 27.8. The molecule has 10 heteroatoms. The first-order chi connectivity index (χ1) is 20.2. The molecule has 0 bridgehead atoms. The van der Waals surface area contributed by atoms with Crippen molar-refractivity contribution < 1.29 is 9.47 Å². The van der Waals surface area contributed by atoms with Crippen LogP contribution < -0.4 is 10.5 Å². The summed E-state index contributed by atoms with van der Waals surface area (Å²) in [6.45, 7) is 4.37. The molecule has 3 aromatic heterocycles. The van der Waals surface area contributed by atoms with Crippen molar-refractivity contribution in [1.29, 1.82) is 0 Å². The summed E-state index contributed by atoms with van der Waals surface area (Å²) < 4.78 is 12.8. The first kappa shape index (κ1) is 25.2. The van der Waals surface area contributed by atoms with Crippen LogP contribution in [0.4, 0.5) is 5.82 Å². The quantitative estimate of drug-likeness (QED) is 0.303. The highest BCUT2D eigenvalue weighted by atomic mass is 16.5. The zero-order valence-corrected chi connectivity index (χ0v) is 22.7. The van der Waals surface area contributed by atoms with Crippen LogP contribution in [-0.2, 0) is 17.7 Å². The predicted molar refractivity (Wildman–Crippen MR) is 158 cm³/mol. The largest absolute Gasteiger partial charge is 0.496 e. The van der Waals surface area contributed by atoms with E-state index in [1.807, 2.05) is 41.1 Å². The highest BCUT2D eigenvalue weighted by Crippen LogP contribution is 2.33. The summed E-state index contributed by atoms with van der Waals surface area (Å²) >= 11 is 0. The molecule has 0 atom stereocenters. The third-order valence-corrected chi connectivity index (χ3v) is 7.54. The van der Waals surface area contributed by atoms with Crippen molar-refractivity contribution in [3.8, 4) is 22.7 Å². The first-order valence-electron chi connectivity index (χ1n) is 13.7. The molecule has 7 rings (SSSR count). The van der Waals surface area contributed by atoms with Crippen LogP contribution in [0.2, 0.25) is 0 Å². The van der Waals surface area contributed by atoms with E-state index in [2.05, 4.69) is 50.2 Å². The molecule has 1 saturated heterocycles. The SMILES string of the molecule is COc1ccccc1Cc1nc2ccc(-c3nn(-c4ccc(CN5CCOCC5)cc4)c4ncnc(N)c34)cc2[nH]1. The number of nitrogens with two attached hydrogens (primary N) is 1. The maximum absolute atomic E-state index is 6.39. The molecule has 206 valence electrons. The number of nitrogen functional groups attached to an aromatic ring is 1. The Morgan fingerprint density at radius 2 is 1.83 bits per heavy atom. The van der Waals surface area contributed by atoms with E-state index in [4.69, 9.17) is 25.3 Å². The van der Waals surface area contributed by atoms with E-state index in [1.165, 1.54) is 11.9 Å². The van der Waals surface area contributed by atoms with Gasteiger partial charge in [0.2, 0.25) is 0 Å². The number of para-hydroxylation sites is 1. The number of morpholine rings is 1. The van der Waals surface area contributed by atoms with Crippen LogP contribution in [0.3, 0.4) is 0 Å². The number of fused-ring (bicyclic) bond motifs is 2. The van der Waals surface area contributed by atoms with E-state index in [9.17, 15) is 0 Å². The lowest BCUT2D eigenvalue weighted by Gasteiger charge is -2.26. The van der Waals surface area contributed by atoms with Gasteiger partial charge < -0.3 is 20.2 Å². The van der Waals surface area contributed by atoms with Crippen molar-refractivity contribution in [2.45, 2.75) is 13.0 Å². The summed E-state index contributed by atoms with van der Waals surface area (Å²) in [5.41, 5.74) is 13.7. The number of aromatic amines is 1. The second kappa shape index (κ2) is 10.6. The third kappa shape index (κ3) is 4.88. The Kier molecular flexibility index (Phi) is 6.54. The van der Waals surface area contributed by atoms with Gasteiger partial charge >= 0.3 is 0 Å². The summed E-state index contributed by atoms with van der Waals surface area (Å²) in [4.78, 5) is 19.5. The first-order valence-corrected chi connectivity index (χ1v) is 13.7. The third-order valence-electron chi connectivity index (χ3n) is 7.54. The van der Waals surface area contributed by atoms with Crippen LogP contribution in [0.25, 0.3) is 39.0 Å². The lowest BCUT2D eigenvalue weighted by molar-refractivity contribution is 0.0342. The number of anilines is 1. The number of methoxy groups -OCH3 is 1. The second-order valence-electron chi connectivity index (χ2n) is 10.2. The van der Waals surface area contributed by atoms with Crippen molar-refractivity contribution in [1.82, 2.24) is 34.6 Å². The normalized spacial score (nSPS) is 14.2. The number of H-pyrrole nitrogens is 1. The average Bonchev–Trinajstić information content (AvgIpc) is 3.60.